The molecule has 1 aromatic carbocycles. The maximum Gasteiger partial charge on any atom is 0.229 e. The molecule has 6 heteroatoms. The molecule has 1 unspecified atom stereocenters. The van der Waals surface area contributed by atoms with E-state index in [0.717, 1.165) is 35.6 Å². The summed E-state index contributed by atoms with van der Waals surface area (Å²) in [6.07, 6.45) is 5.96. The Morgan fingerprint density at radius 2 is 2.35 bits per heavy atom. The van der Waals surface area contributed by atoms with Crippen molar-refractivity contribution in [2.45, 2.75) is 25.3 Å². The van der Waals surface area contributed by atoms with E-state index in [1.165, 1.54) is 12.1 Å². The van der Waals surface area contributed by atoms with Crippen LogP contribution in [0.15, 0.2) is 42.0 Å². The Morgan fingerprint density at radius 3 is 3.17 bits per heavy atom. The van der Waals surface area contributed by atoms with Gasteiger partial charge in [0.25, 0.3) is 0 Å². The molecule has 0 spiro atoms. The van der Waals surface area contributed by atoms with Gasteiger partial charge in [-0.05, 0) is 30.5 Å². The first-order valence-corrected chi connectivity index (χ1v) is 8.55. The summed E-state index contributed by atoms with van der Waals surface area (Å²) < 4.78 is 15.4. The lowest BCUT2D eigenvalue weighted by atomic mass is 10.0. The van der Waals surface area contributed by atoms with E-state index in [0.29, 0.717) is 6.42 Å². The van der Waals surface area contributed by atoms with Crippen LogP contribution in [0.25, 0.3) is 4.96 Å². The van der Waals surface area contributed by atoms with Crippen LogP contribution in [0, 0.1) is 5.82 Å². The molecule has 1 amide bonds. The van der Waals surface area contributed by atoms with Crippen molar-refractivity contribution in [1.82, 2.24) is 14.3 Å². The van der Waals surface area contributed by atoms with E-state index in [-0.39, 0.29) is 17.8 Å². The number of likely N-dealkylation sites (tertiary alicyclic amines) is 1. The van der Waals surface area contributed by atoms with Crippen LogP contribution in [-0.4, -0.2) is 26.7 Å². The molecular formula is C17H16FN3OS. The monoisotopic (exact) mass is 329 g/mol. The highest BCUT2D eigenvalue weighted by Gasteiger charge is 2.30. The molecule has 1 aliphatic heterocycles. The highest BCUT2D eigenvalue weighted by atomic mass is 32.1. The van der Waals surface area contributed by atoms with Crippen LogP contribution in [0.5, 0.6) is 0 Å². The maximum absolute atomic E-state index is 13.5. The van der Waals surface area contributed by atoms with Gasteiger partial charge >= 0.3 is 0 Å². The second kappa shape index (κ2) is 5.77. The fourth-order valence-corrected chi connectivity index (χ4v) is 3.96. The normalized spacial score (nSPS) is 18.0. The molecule has 23 heavy (non-hydrogen) atoms. The molecule has 0 radical (unpaired) electrons. The van der Waals surface area contributed by atoms with Gasteiger partial charge in [-0.1, -0.05) is 12.1 Å². The first-order chi connectivity index (χ1) is 11.2. The van der Waals surface area contributed by atoms with Crippen LogP contribution in [0.3, 0.4) is 0 Å². The van der Waals surface area contributed by atoms with Gasteiger partial charge in [0.15, 0.2) is 4.96 Å². The highest BCUT2D eigenvalue weighted by molar-refractivity contribution is 7.15. The number of carbonyl (C=O) groups is 1. The van der Waals surface area contributed by atoms with E-state index in [1.54, 1.807) is 17.4 Å². The fourth-order valence-electron chi connectivity index (χ4n) is 3.24. The van der Waals surface area contributed by atoms with Crippen LogP contribution in [-0.2, 0) is 11.2 Å². The second-order valence-corrected chi connectivity index (χ2v) is 6.68. The molecule has 1 saturated heterocycles. The largest absolute Gasteiger partial charge is 0.335 e. The fraction of sp³-hybridized carbons (Fsp3) is 0.294. The number of hydrogen-bond acceptors (Lipinski definition) is 3. The van der Waals surface area contributed by atoms with Crippen LogP contribution in [0.1, 0.15) is 30.1 Å². The van der Waals surface area contributed by atoms with E-state index < -0.39 is 0 Å². The third-order valence-electron chi connectivity index (χ3n) is 4.28. The number of aromatic nitrogens is 2. The first-order valence-electron chi connectivity index (χ1n) is 7.67. The number of imidazole rings is 1. The van der Waals surface area contributed by atoms with Crippen molar-refractivity contribution in [3.8, 4) is 0 Å². The second-order valence-electron chi connectivity index (χ2n) is 5.80. The summed E-state index contributed by atoms with van der Waals surface area (Å²) in [5, 5.41) is 1.97. The molecule has 0 N–H and O–H groups in total. The summed E-state index contributed by atoms with van der Waals surface area (Å²) in [6.45, 7) is 0.724. The van der Waals surface area contributed by atoms with Crippen LogP contribution in [0.2, 0.25) is 0 Å². The SMILES string of the molecule is O=C(Cc1cn2ccsc2n1)N1CCCC1c1cccc(F)c1. The number of amides is 1. The number of thiazole rings is 1. The molecular weight excluding hydrogens is 313 g/mol. The minimum absolute atomic E-state index is 0.0260. The molecule has 118 valence electrons. The molecule has 1 fully saturated rings. The van der Waals surface area contributed by atoms with Gasteiger partial charge in [0.05, 0.1) is 18.2 Å². The Hall–Kier alpha value is -2.21. The average molecular weight is 329 g/mol. The molecule has 2 aromatic heterocycles. The summed E-state index contributed by atoms with van der Waals surface area (Å²) in [5.74, 6) is -0.196. The lowest BCUT2D eigenvalue weighted by molar-refractivity contribution is -0.131. The van der Waals surface area contributed by atoms with Gasteiger partial charge in [-0.2, -0.15) is 0 Å². The quantitative estimate of drug-likeness (QED) is 0.738. The number of fused-ring (bicyclic) bond motifs is 1. The van der Waals surface area contributed by atoms with E-state index in [2.05, 4.69) is 4.98 Å². The van der Waals surface area contributed by atoms with Gasteiger partial charge in [0, 0.05) is 24.3 Å². The zero-order chi connectivity index (χ0) is 15.8. The van der Waals surface area contributed by atoms with E-state index >= 15 is 0 Å². The minimum Gasteiger partial charge on any atom is -0.335 e. The van der Waals surface area contributed by atoms with Crippen molar-refractivity contribution in [3.05, 3.63) is 59.1 Å². The molecule has 1 aliphatic rings. The zero-order valence-corrected chi connectivity index (χ0v) is 13.3. The number of hydrogen-bond donors (Lipinski definition) is 0. The smallest absolute Gasteiger partial charge is 0.229 e. The molecule has 4 rings (SSSR count). The Balaban J connectivity index is 1.53. The number of rotatable bonds is 3. The average Bonchev–Trinajstić information content (AvgIpc) is 3.22. The van der Waals surface area contributed by atoms with Crippen molar-refractivity contribution in [2.24, 2.45) is 0 Å². The molecule has 0 aliphatic carbocycles. The Kier molecular flexibility index (Phi) is 3.61. The van der Waals surface area contributed by atoms with Gasteiger partial charge in [-0.15, -0.1) is 11.3 Å². The summed E-state index contributed by atoms with van der Waals surface area (Å²) in [7, 11) is 0. The predicted molar refractivity (Wildman–Crippen MR) is 86.9 cm³/mol. The van der Waals surface area contributed by atoms with Crippen molar-refractivity contribution < 1.29 is 9.18 Å². The molecule has 1 atom stereocenters. The molecule has 4 nitrogen and oxygen atoms in total. The molecule has 3 heterocycles. The number of carbonyl (C=O) groups excluding carboxylic acids is 1. The summed E-state index contributed by atoms with van der Waals surface area (Å²) in [5.41, 5.74) is 1.66. The van der Waals surface area contributed by atoms with Crippen LogP contribution < -0.4 is 0 Å². The van der Waals surface area contributed by atoms with Gasteiger partial charge < -0.3 is 4.90 Å². The standard InChI is InChI=1S/C17H16FN3OS/c18-13-4-1-3-12(9-13)15-5-2-6-21(15)16(22)10-14-11-20-7-8-23-17(20)19-14/h1,3-4,7-9,11,15H,2,5-6,10H2. The number of benzene rings is 1. The van der Waals surface area contributed by atoms with Gasteiger partial charge in [-0.3, -0.25) is 9.20 Å². The van der Waals surface area contributed by atoms with E-state index in [4.69, 9.17) is 0 Å². The van der Waals surface area contributed by atoms with Gasteiger partial charge in [0.1, 0.15) is 5.82 Å². The van der Waals surface area contributed by atoms with Crippen molar-refractivity contribution in [2.75, 3.05) is 6.54 Å². The van der Waals surface area contributed by atoms with Crippen molar-refractivity contribution in [3.63, 3.8) is 0 Å². The molecule has 0 bridgehead atoms. The Labute approximate surface area is 137 Å². The van der Waals surface area contributed by atoms with Gasteiger partial charge in [0.2, 0.25) is 5.91 Å². The Morgan fingerprint density at radius 1 is 1.43 bits per heavy atom. The number of nitrogens with zero attached hydrogens (tertiary/aromatic N) is 3. The topological polar surface area (TPSA) is 37.6 Å². The van der Waals surface area contributed by atoms with Crippen LogP contribution in [0.4, 0.5) is 4.39 Å². The minimum atomic E-state index is -0.254. The predicted octanol–water partition coefficient (Wildman–Crippen LogP) is 3.44. The number of halogens is 1. The zero-order valence-electron chi connectivity index (χ0n) is 12.5. The summed E-state index contributed by atoms with van der Waals surface area (Å²) in [6, 6.07) is 6.54. The first kappa shape index (κ1) is 14.4. The van der Waals surface area contributed by atoms with E-state index in [1.807, 2.05) is 33.1 Å². The maximum atomic E-state index is 13.5. The lowest BCUT2D eigenvalue weighted by Gasteiger charge is -2.25. The summed E-state index contributed by atoms with van der Waals surface area (Å²) >= 11 is 1.55. The third kappa shape index (κ3) is 2.74. The molecule has 0 saturated carbocycles. The summed E-state index contributed by atoms with van der Waals surface area (Å²) in [4.78, 5) is 19.9. The Bertz CT molecular complexity index is 828. The van der Waals surface area contributed by atoms with Crippen molar-refractivity contribution in [1.29, 1.82) is 0 Å². The van der Waals surface area contributed by atoms with Gasteiger partial charge in [-0.25, -0.2) is 9.37 Å². The highest BCUT2D eigenvalue weighted by Crippen LogP contribution is 2.32. The lowest BCUT2D eigenvalue weighted by Crippen LogP contribution is -2.32. The molecule has 3 aromatic rings. The van der Waals surface area contributed by atoms with E-state index in [9.17, 15) is 9.18 Å². The van der Waals surface area contributed by atoms with Crippen LogP contribution >= 0.6 is 11.3 Å². The third-order valence-corrected chi connectivity index (χ3v) is 5.05. The van der Waals surface area contributed by atoms with Crippen molar-refractivity contribution >= 4 is 22.2 Å².